The first-order valence-electron chi connectivity index (χ1n) is 5.27. The van der Waals surface area contributed by atoms with E-state index in [2.05, 4.69) is 4.98 Å². The standard InChI is InChI=1S/C11H16F3N3/c1-7(2)17(3)10-8(6-15)4-5-9(16-10)11(12,13)14/h4-5,7H,6,15H2,1-3H3. The summed E-state index contributed by atoms with van der Waals surface area (Å²) in [5.74, 6) is 0.289. The second-order valence-corrected chi connectivity index (χ2v) is 4.09. The molecule has 1 aromatic rings. The van der Waals surface area contributed by atoms with Gasteiger partial charge in [0.25, 0.3) is 0 Å². The Labute approximate surface area is 98.4 Å². The van der Waals surface area contributed by atoms with E-state index in [1.54, 1.807) is 11.9 Å². The highest BCUT2D eigenvalue weighted by Gasteiger charge is 2.33. The number of halogens is 3. The SMILES string of the molecule is CC(C)N(C)c1nc(C(F)(F)F)ccc1CN. The van der Waals surface area contributed by atoms with E-state index in [0.717, 1.165) is 6.07 Å². The molecule has 2 N–H and O–H groups in total. The third-order valence-electron chi connectivity index (χ3n) is 2.57. The van der Waals surface area contributed by atoms with Gasteiger partial charge < -0.3 is 10.6 Å². The Morgan fingerprint density at radius 2 is 1.94 bits per heavy atom. The van der Waals surface area contributed by atoms with Crippen molar-refractivity contribution in [2.45, 2.75) is 32.6 Å². The van der Waals surface area contributed by atoms with Crippen molar-refractivity contribution in [1.82, 2.24) is 4.98 Å². The molecule has 0 radical (unpaired) electrons. The molecule has 1 aromatic heterocycles. The van der Waals surface area contributed by atoms with Gasteiger partial charge in [0.05, 0.1) is 0 Å². The maximum Gasteiger partial charge on any atom is 0.433 e. The molecule has 0 bridgehead atoms. The van der Waals surface area contributed by atoms with Crippen LogP contribution in [0.2, 0.25) is 0 Å². The topological polar surface area (TPSA) is 42.2 Å². The van der Waals surface area contributed by atoms with Crippen molar-refractivity contribution in [2.24, 2.45) is 5.73 Å². The Bertz CT molecular complexity index is 388. The number of hydrogen-bond acceptors (Lipinski definition) is 3. The Kier molecular flexibility index (Phi) is 3.98. The molecule has 1 rings (SSSR count). The summed E-state index contributed by atoms with van der Waals surface area (Å²) < 4.78 is 37.7. The fraction of sp³-hybridized carbons (Fsp3) is 0.545. The summed E-state index contributed by atoms with van der Waals surface area (Å²) in [7, 11) is 1.70. The zero-order valence-corrected chi connectivity index (χ0v) is 10.0. The van der Waals surface area contributed by atoms with Gasteiger partial charge in [-0.2, -0.15) is 13.2 Å². The minimum atomic E-state index is -4.43. The van der Waals surface area contributed by atoms with Crippen LogP contribution in [0.15, 0.2) is 12.1 Å². The molecule has 3 nitrogen and oxygen atoms in total. The zero-order chi connectivity index (χ0) is 13.2. The highest BCUT2D eigenvalue weighted by Crippen LogP contribution is 2.30. The van der Waals surface area contributed by atoms with E-state index in [-0.39, 0.29) is 18.4 Å². The first kappa shape index (κ1) is 13.8. The number of anilines is 1. The van der Waals surface area contributed by atoms with Crippen molar-refractivity contribution >= 4 is 5.82 Å². The molecular weight excluding hydrogens is 231 g/mol. The average Bonchev–Trinajstić information content (AvgIpc) is 2.25. The first-order chi connectivity index (χ1) is 7.77. The van der Waals surface area contributed by atoms with E-state index in [4.69, 9.17) is 5.73 Å². The molecule has 1 heterocycles. The monoisotopic (exact) mass is 247 g/mol. The van der Waals surface area contributed by atoms with Crippen LogP contribution >= 0.6 is 0 Å². The molecule has 0 amide bonds. The summed E-state index contributed by atoms with van der Waals surface area (Å²) in [5, 5.41) is 0. The maximum absolute atomic E-state index is 12.6. The van der Waals surface area contributed by atoms with Crippen molar-refractivity contribution < 1.29 is 13.2 Å². The lowest BCUT2D eigenvalue weighted by atomic mass is 10.2. The minimum absolute atomic E-state index is 0.0521. The number of rotatable bonds is 3. The minimum Gasteiger partial charge on any atom is -0.357 e. The molecule has 6 heteroatoms. The van der Waals surface area contributed by atoms with Crippen molar-refractivity contribution in [3.8, 4) is 0 Å². The molecule has 0 fully saturated rings. The van der Waals surface area contributed by atoms with Crippen LogP contribution in [-0.2, 0) is 12.7 Å². The second-order valence-electron chi connectivity index (χ2n) is 4.09. The van der Waals surface area contributed by atoms with Gasteiger partial charge in [0, 0.05) is 25.2 Å². The molecule has 0 saturated carbocycles. The van der Waals surface area contributed by atoms with E-state index in [1.165, 1.54) is 6.07 Å². The van der Waals surface area contributed by atoms with Gasteiger partial charge in [0.2, 0.25) is 0 Å². The third kappa shape index (κ3) is 3.09. The largest absolute Gasteiger partial charge is 0.433 e. The van der Waals surface area contributed by atoms with Crippen LogP contribution < -0.4 is 10.6 Å². The molecule has 0 aromatic carbocycles. The quantitative estimate of drug-likeness (QED) is 0.891. The van der Waals surface area contributed by atoms with Gasteiger partial charge in [0.15, 0.2) is 0 Å². The van der Waals surface area contributed by atoms with Crippen molar-refractivity contribution in [3.05, 3.63) is 23.4 Å². The average molecular weight is 247 g/mol. The fourth-order valence-electron chi connectivity index (χ4n) is 1.34. The first-order valence-corrected chi connectivity index (χ1v) is 5.27. The summed E-state index contributed by atoms with van der Waals surface area (Å²) >= 11 is 0. The van der Waals surface area contributed by atoms with E-state index in [9.17, 15) is 13.2 Å². The van der Waals surface area contributed by atoms with Gasteiger partial charge in [-0.25, -0.2) is 4.98 Å². The summed E-state index contributed by atoms with van der Waals surface area (Å²) in [6.45, 7) is 3.92. The van der Waals surface area contributed by atoms with Crippen LogP contribution in [-0.4, -0.2) is 18.1 Å². The van der Waals surface area contributed by atoms with Crippen LogP contribution in [0.5, 0.6) is 0 Å². The number of alkyl halides is 3. The normalized spacial score (nSPS) is 12.0. The lowest BCUT2D eigenvalue weighted by Crippen LogP contribution is -2.29. The molecule has 0 saturated heterocycles. The molecule has 0 unspecified atom stereocenters. The summed E-state index contributed by atoms with van der Waals surface area (Å²) in [4.78, 5) is 5.33. The summed E-state index contributed by atoms with van der Waals surface area (Å²) in [6, 6.07) is 2.39. The summed E-state index contributed by atoms with van der Waals surface area (Å²) in [6.07, 6.45) is -4.43. The predicted molar refractivity (Wildman–Crippen MR) is 60.7 cm³/mol. The molecule has 0 atom stereocenters. The molecule has 17 heavy (non-hydrogen) atoms. The molecule has 0 aliphatic carbocycles. The van der Waals surface area contributed by atoms with Gasteiger partial charge >= 0.3 is 6.18 Å². The second kappa shape index (κ2) is 4.91. The lowest BCUT2D eigenvalue weighted by molar-refractivity contribution is -0.141. The van der Waals surface area contributed by atoms with Gasteiger partial charge in [-0.15, -0.1) is 0 Å². The fourth-order valence-corrected chi connectivity index (χ4v) is 1.34. The predicted octanol–water partition coefficient (Wildman–Crippen LogP) is 2.40. The number of nitrogens with zero attached hydrogens (tertiary/aromatic N) is 2. The maximum atomic E-state index is 12.6. The van der Waals surface area contributed by atoms with Gasteiger partial charge in [-0.05, 0) is 19.9 Å². The molecule has 0 aliphatic rings. The Morgan fingerprint density at radius 3 is 2.35 bits per heavy atom. The van der Waals surface area contributed by atoms with Gasteiger partial charge in [0.1, 0.15) is 11.5 Å². The summed E-state index contributed by atoms with van der Waals surface area (Å²) in [5.41, 5.74) is 5.21. The zero-order valence-electron chi connectivity index (χ0n) is 10.0. The van der Waals surface area contributed by atoms with E-state index >= 15 is 0 Å². The Hall–Kier alpha value is -1.30. The van der Waals surface area contributed by atoms with E-state index < -0.39 is 11.9 Å². The molecule has 0 spiro atoms. The van der Waals surface area contributed by atoms with E-state index in [1.807, 2.05) is 13.8 Å². The smallest absolute Gasteiger partial charge is 0.357 e. The van der Waals surface area contributed by atoms with Crippen molar-refractivity contribution in [2.75, 3.05) is 11.9 Å². The van der Waals surface area contributed by atoms with Crippen molar-refractivity contribution in [1.29, 1.82) is 0 Å². The van der Waals surface area contributed by atoms with Crippen LogP contribution in [0.3, 0.4) is 0 Å². The van der Waals surface area contributed by atoms with Crippen LogP contribution in [0.25, 0.3) is 0 Å². The number of nitrogens with two attached hydrogens (primary N) is 1. The number of aromatic nitrogens is 1. The highest BCUT2D eigenvalue weighted by atomic mass is 19.4. The van der Waals surface area contributed by atoms with Crippen LogP contribution in [0.1, 0.15) is 25.1 Å². The number of pyridine rings is 1. The molecule has 96 valence electrons. The Balaban J connectivity index is 3.25. The molecular formula is C11H16F3N3. The third-order valence-corrected chi connectivity index (χ3v) is 2.57. The Morgan fingerprint density at radius 1 is 1.35 bits per heavy atom. The van der Waals surface area contributed by atoms with E-state index in [0.29, 0.717) is 5.56 Å². The van der Waals surface area contributed by atoms with Gasteiger partial charge in [-0.1, -0.05) is 6.07 Å². The number of hydrogen-bond donors (Lipinski definition) is 1. The highest BCUT2D eigenvalue weighted by molar-refractivity contribution is 5.48. The van der Waals surface area contributed by atoms with Gasteiger partial charge in [-0.3, -0.25) is 0 Å². The van der Waals surface area contributed by atoms with Crippen LogP contribution in [0, 0.1) is 0 Å². The lowest BCUT2D eigenvalue weighted by Gasteiger charge is -2.25. The van der Waals surface area contributed by atoms with Crippen molar-refractivity contribution in [3.63, 3.8) is 0 Å². The molecule has 0 aliphatic heterocycles. The van der Waals surface area contributed by atoms with Crippen LogP contribution in [0.4, 0.5) is 19.0 Å².